The summed E-state index contributed by atoms with van der Waals surface area (Å²) in [4.78, 5) is 22.3. The number of rotatable bonds is 4. The summed E-state index contributed by atoms with van der Waals surface area (Å²) < 4.78 is 26.8. The summed E-state index contributed by atoms with van der Waals surface area (Å²) in [5.41, 5.74) is -0.111. The van der Waals surface area contributed by atoms with E-state index in [2.05, 4.69) is 4.74 Å². The molecule has 0 bridgehead atoms. The largest absolute Gasteiger partial charge is 0.469 e. The van der Waals surface area contributed by atoms with E-state index in [9.17, 15) is 18.0 Å². The number of benzene rings is 1. The lowest BCUT2D eigenvalue weighted by atomic mass is 10.1. The fourth-order valence-electron chi connectivity index (χ4n) is 1.24. The van der Waals surface area contributed by atoms with E-state index in [0.29, 0.717) is 0 Å². The summed E-state index contributed by atoms with van der Waals surface area (Å²) in [5.74, 6) is -1.39. The molecular weight excluding hydrogens is 246 g/mol. The third-order valence-electron chi connectivity index (χ3n) is 2.03. The number of Topliss-reactive ketones (excluding diaryl/α,β-unsaturated/α-hetero) is 1. The topological polar surface area (TPSA) is 104 Å². The minimum absolute atomic E-state index is 0.111. The second kappa shape index (κ2) is 5.07. The van der Waals surface area contributed by atoms with Crippen LogP contribution in [0.1, 0.15) is 16.8 Å². The Morgan fingerprint density at radius 2 is 1.88 bits per heavy atom. The highest BCUT2D eigenvalue weighted by molar-refractivity contribution is 7.89. The highest BCUT2D eigenvalue weighted by atomic mass is 32.2. The number of ether oxygens (including phenoxy) is 1. The van der Waals surface area contributed by atoms with Crippen molar-refractivity contribution in [1.29, 1.82) is 0 Å². The fourth-order valence-corrected chi connectivity index (χ4v) is 2.00. The molecule has 0 aromatic heterocycles. The SMILES string of the molecule is COC(=O)CC(=O)c1ccccc1S(N)(=O)=O. The number of ketones is 1. The molecule has 0 aliphatic carbocycles. The molecule has 6 nitrogen and oxygen atoms in total. The van der Waals surface area contributed by atoms with Crippen LogP contribution in [0.4, 0.5) is 0 Å². The van der Waals surface area contributed by atoms with Crippen LogP contribution in [0.3, 0.4) is 0 Å². The standard InChI is InChI=1S/C10H11NO5S/c1-16-10(13)6-8(12)7-4-2-3-5-9(7)17(11,14)15/h2-5H,6H2,1H3,(H2,11,14,15). The number of carbonyl (C=O) groups is 2. The molecule has 1 aromatic rings. The molecule has 0 radical (unpaired) electrons. The molecule has 7 heteroatoms. The maximum absolute atomic E-state index is 11.7. The van der Waals surface area contributed by atoms with Gasteiger partial charge in [0.25, 0.3) is 0 Å². The van der Waals surface area contributed by atoms with Crippen molar-refractivity contribution in [1.82, 2.24) is 0 Å². The lowest BCUT2D eigenvalue weighted by Crippen LogP contribution is -2.18. The molecule has 0 heterocycles. The van der Waals surface area contributed by atoms with Crippen LogP contribution in [0.15, 0.2) is 29.2 Å². The van der Waals surface area contributed by atoms with Gasteiger partial charge in [-0.2, -0.15) is 0 Å². The predicted octanol–water partition coefficient (Wildman–Crippen LogP) is 0.0798. The molecule has 2 N–H and O–H groups in total. The lowest BCUT2D eigenvalue weighted by molar-refractivity contribution is -0.139. The van der Waals surface area contributed by atoms with E-state index in [1.807, 2.05) is 0 Å². The van der Waals surface area contributed by atoms with Crippen LogP contribution in [0, 0.1) is 0 Å². The predicted molar refractivity (Wildman–Crippen MR) is 58.8 cm³/mol. The zero-order valence-electron chi connectivity index (χ0n) is 9.04. The molecular formula is C10H11NO5S. The van der Waals surface area contributed by atoms with Crippen molar-refractivity contribution in [2.24, 2.45) is 5.14 Å². The van der Waals surface area contributed by atoms with Gasteiger partial charge >= 0.3 is 5.97 Å². The molecule has 0 aliphatic heterocycles. The second-order valence-electron chi connectivity index (χ2n) is 3.22. The molecule has 0 saturated heterocycles. The van der Waals surface area contributed by atoms with Gasteiger partial charge in [0.15, 0.2) is 5.78 Å². The van der Waals surface area contributed by atoms with Gasteiger partial charge < -0.3 is 4.74 Å². The van der Waals surface area contributed by atoms with Crippen LogP contribution in [0.5, 0.6) is 0 Å². The summed E-state index contributed by atoms with van der Waals surface area (Å²) in [6.45, 7) is 0. The number of methoxy groups -OCH3 is 1. The van der Waals surface area contributed by atoms with Crippen LogP contribution >= 0.6 is 0 Å². The summed E-state index contributed by atoms with van der Waals surface area (Å²) >= 11 is 0. The Kier molecular flexibility index (Phi) is 3.97. The maximum Gasteiger partial charge on any atom is 0.313 e. The third kappa shape index (κ3) is 3.36. The van der Waals surface area contributed by atoms with Crippen molar-refractivity contribution < 1.29 is 22.7 Å². The van der Waals surface area contributed by atoms with Crippen LogP contribution in [-0.4, -0.2) is 27.3 Å². The van der Waals surface area contributed by atoms with E-state index in [4.69, 9.17) is 5.14 Å². The van der Waals surface area contributed by atoms with Crippen LogP contribution < -0.4 is 5.14 Å². The number of carbonyl (C=O) groups excluding carboxylic acids is 2. The highest BCUT2D eigenvalue weighted by Gasteiger charge is 2.20. The van der Waals surface area contributed by atoms with Gasteiger partial charge in [-0.3, -0.25) is 9.59 Å². The fraction of sp³-hybridized carbons (Fsp3) is 0.200. The number of nitrogens with two attached hydrogens (primary N) is 1. The van der Waals surface area contributed by atoms with Crippen molar-refractivity contribution >= 4 is 21.8 Å². The molecule has 1 rings (SSSR count). The Hall–Kier alpha value is -1.73. The van der Waals surface area contributed by atoms with Crippen LogP contribution in [0.2, 0.25) is 0 Å². The summed E-state index contributed by atoms with van der Waals surface area (Å²) in [7, 11) is -2.85. The van der Waals surface area contributed by atoms with Crippen molar-refractivity contribution in [3.63, 3.8) is 0 Å². The molecule has 1 aromatic carbocycles. The van der Waals surface area contributed by atoms with Gasteiger partial charge in [-0.05, 0) is 6.07 Å². The van der Waals surface area contributed by atoms with E-state index in [0.717, 1.165) is 7.11 Å². The molecule has 0 aliphatic rings. The minimum Gasteiger partial charge on any atom is -0.469 e. The Labute approximate surface area is 98.4 Å². The molecule has 92 valence electrons. The Bertz CT molecular complexity index is 550. The normalized spacial score (nSPS) is 10.9. The van der Waals surface area contributed by atoms with Crippen LogP contribution in [-0.2, 0) is 19.6 Å². The average molecular weight is 257 g/mol. The average Bonchev–Trinajstić information content (AvgIpc) is 2.27. The zero-order valence-corrected chi connectivity index (χ0v) is 9.86. The first-order chi connectivity index (χ1) is 7.86. The highest BCUT2D eigenvalue weighted by Crippen LogP contribution is 2.15. The first-order valence-electron chi connectivity index (χ1n) is 4.58. The molecule has 0 saturated carbocycles. The van der Waals surface area contributed by atoms with Gasteiger partial charge in [-0.25, -0.2) is 13.6 Å². The maximum atomic E-state index is 11.7. The van der Waals surface area contributed by atoms with Crippen molar-refractivity contribution in [3.8, 4) is 0 Å². The Morgan fingerprint density at radius 3 is 2.41 bits per heavy atom. The van der Waals surface area contributed by atoms with E-state index >= 15 is 0 Å². The van der Waals surface area contributed by atoms with Crippen molar-refractivity contribution in [2.45, 2.75) is 11.3 Å². The summed E-state index contributed by atoms with van der Waals surface area (Å²) in [6.07, 6.45) is -0.525. The van der Waals surface area contributed by atoms with Crippen LogP contribution in [0.25, 0.3) is 0 Å². The van der Waals surface area contributed by atoms with E-state index in [1.165, 1.54) is 24.3 Å². The lowest BCUT2D eigenvalue weighted by Gasteiger charge is -2.05. The van der Waals surface area contributed by atoms with Gasteiger partial charge in [-0.1, -0.05) is 18.2 Å². The minimum atomic E-state index is -3.99. The molecule has 0 fully saturated rings. The number of hydrogen-bond donors (Lipinski definition) is 1. The van der Waals surface area contributed by atoms with Gasteiger partial charge in [0.2, 0.25) is 10.0 Å². The van der Waals surface area contributed by atoms with Gasteiger partial charge in [0.05, 0.1) is 12.0 Å². The zero-order chi connectivity index (χ0) is 13.1. The smallest absolute Gasteiger partial charge is 0.313 e. The number of esters is 1. The monoisotopic (exact) mass is 257 g/mol. The molecule has 17 heavy (non-hydrogen) atoms. The Morgan fingerprint density at radius 1 is 1.29 bits per heavy atom. The third-order valence-corrected chi connectivity index (χ3v) is 3.00. The molecule has 0 atom stereocenters. The molecule has 0 spiro atoms. The second-order valence-corrected chi connectivity index (χ2v) is 4.75. The summed E-state index contributed by atoms with van der Waals surface area (Å²) in [6, 6.07) is 5.43. The van der Waals surface area contributed by atoms with E-state index < -0.39 is 28.2 Å². The first-order valence-corrected chi connectivity index (χ1v) is 6.12. The van der Waals surface area contributed by atoms with E-state index in [-0.39, 0.29) is 10.5 Å². The molecule has 0 amide bonds. The van der Waals surface area contributed by atoms with Gasteiger partial charge in [0, 0.05) is 5.56 Å². The number of primary sulfonamides is 1. The number of sulfonamides is 1. The molecule has 0 unspecified atom stereocenters. The van der Waals surface area contributed by atoms with Crippen molar-refractivity contribution in [2.75, 3.05) is 7.11 Å². The van der Waals surface area contributed by atoms with Crippen molar-refractivity contribution in [3.05, 3.63) is 29.8 Å². The van der Waals surface area contributed by atoms with E-state index in [1.54, 1.807) is 0 Å². The quantitative estimate of drug-likeness (QED) is 0.467. The summed E-state index contributed by atoms with van der Waals surface area (Å²) in [5, 5.41) is 4.96. The van der Waals surface area contributed by atoms with Gasteiger partial charge in [0.1, 0.15) is 6.42 Å². The first kappa shape index (κ1) is 13.3. The van der Waals surface area contributed by atoms with Gasteiger partial charge in [-0.15, -0.1) is 0 Å². The Balaban J connectivity index is 3.15. The number of hydrogen-bond acceptors (Lipinski definition) is 5.